The minimum atomic E-state index is -0.405. The second-order valence-electron chi connectivity index (χ2n) is 4.90. The Labute approximate surface area is 106 Å². The lowest BCUT2D eigenvalue weighted by Gasteiger charge is -2.38. The van der Waals surface area contributed by atoms with Gasteiger partial charge < -0.3 is 14.4 Å². The van der Waals surface area contributed by atoms with Crippen molar-refractivity contribution in [2.24, 2.45) is 0 Å². The predicted octanol–water partition coefficient (Wildman–Crippen LogP) is 2.50. The molecule has 2 saturated heterocycles. The fraction of sp³-hybridized carbons (Fsp3) is 0.571. The summed E-state index contributed by atoms with van der Waals surface area (Å²) in [6.45, 7) is 2.80. The van der Waals surface area contributed by atoms with Gasteiger partial charge >= 0.3 is 0 Å². The minimum Gasteiger partial charge on any atom is -0.371 e. The maximum absolute atomic E-state index is 12.7. The van der Waals surface area contributed by atoms with Crippen LogP contribution in [0.15, 0.2) is 24.3 Å². The molecule has 2 heterocycles. The molecule has 2 aliphatic heterocycles. The third-order valence-corrected chi connectivity index (χ3v) is 3.77. The molecular weight excluding hydrogens is 233 g/mol. The maximum Gasteiger partial charge on any atom is 0.171 e. The molecule has 1 aromatic rings. The van der Waals surface area contributed by atoms with Gasteiger partial charge in [0.15, 0.2) is 5.79 Å². The van der Waals surface area contributed by atoms with Crippen molar-refractivity contribution in [1.82, 2.24) is 0 Å². The summed E-state index contributed by atoms with van der Waals surface area (Å²) in [5, 5.41) is 0. The van der Waals surface area contributed by atoms with Crippen LogP contribution in [0.1, 0.15) is 18.4 Å². The number of piperidine rings is 1. The standard InChI is InChI=1S/C14H18FNO2/c15-11-12-2-1-3-13(10-12)16-6-4-14(5-7-16)17-8-9-18-14/h1-3,10H,4-9,11H2. The number of anilines is 1. The number of hydrogen-bond donors (Lipinski definition) is 0. The Morgan fingerprint density at radius 1 is 1.17 bits per heavy atom. The third-order valence-electron chi connectivity index (χ3n) is 3.77. The number of nitrogens with zero attached hydrogens (tertiary/aromatic N) is 1. The van der Waals surface area contributed by atoms with Crippen LogP contribution < -0.4 is 4.90 Å². The van der Waals surface area contributed by atoms with Crippen LogP contribution in [-0.2, 0) is 16.1 Å². The number of alkyl halides is 1. The van der Waals surface area contributed by atoms with E-state index in [9.17, 15) is 4.39 Å². The summed E-state index contributed by atoms with van der Waals surface area (Å²) in [7, 11) is 0. The summed E-state index contributed by atoms with van der Waals surface area (Å²) < 4.78 is 24.1. The van der Waals surface area contributed by atoms with E-state index in [1.807, 2.05) is 24.3 Å². The molecule has 0 N–H and O–H groups in total. The van der Waals surface area contributed by atoms with Gasteiger partial charge in [-0.15, -0.1) is 0 Å². The van der Waals surface area contributed by atoms with Crippen molar-refractivity contribution in [3.05, 3.63) is 29.8 Å². The molecule has 3 nitrogen and oxygen atoms in total. The van der Waals surface area contributed by atoms with Gasteiger partial charge in [0.05, 0.1) is 13.2 Å². The molecule has 98 valence electrons. The zero-order valence-electron chi connectivity index (χ0n) is 10.4. The molecule has 0 saturated carbocycles. The molecule has 0 aromatic heterocycles. The predicted molar refractivity (Wildman–Crippen MR) is 67.3 cm³/mol. The Hall–Kier alpha value is -1.13. The van der Waals surface area contributed by atoms with Gasteiger partial charge in [-0.1, -0.05) is 12.1 Å². The fourth-order valence-electron chi connectivity index (χ4n) is 2.73. The number of rotatable bonds is 2. The summed E-state index contributed by atoms with van der Waals surface area (Å²) in [5.41, 5.74) is 1.83. The highest BCUT2D eigenvalue weighted by Crippen LogP contribution is 2.33. The molecule has 2 fully saturated rings. The van der Waals surface area contributed by atoms with Gasteiger partial charge in [-0.05, 0) is 17.7 Å². The lowest BCUT2D eigenvalue weighted by atomic mass is 10.0. The fourth-order valence-corrected chi connectivity index (χ4v) is 2.73. The van der Waals surface area contributed by atoms with Crippen LogP contribution in [-0.4, -0.2) is 32.1 Å². The van der Waals surface area contributed by atoms with E-state index < -0.39 is 6.67 Å². The normalized spacial score (nSPS) is 22.6. The van der Waals surface area contributed by atoms with E-state index in [1.54, 1.807) is 0 Å². The first kappa shape index (κ1) is 11.9. The molecule has 4 heteroatoms. The van der Waals surface area contributed by atoms with Gasteiger partial charge in [0.1, 0.15) is 6.67 Å². The van der Waals surface area contributed by atoms with E-state index in [0.29, 0.717) is 13.2 Å². The largest absolute Gasteiger partial charge is 0.371 e. The molecule has 0 unspecified atom stereocenters. The maximum atomic E-state index is 12.7. The molecular formula is C14H18FNO2. The topological polar surface area (TPSA) is 21.7 Å². The first-order valence-electron chi connectivity index (χ1n) is 6.49. The Morgan fingerprint density at radius 2 is 1.89 bits per heavy atom. The zero-order valence-corrected chi connectivity index (χ0v) is 10.4. The zero-order chi connectivity index (χ0) is 12.4. The van der Waals surface area contributed by atoms with Crippen LogP contribution in [0.4, 0.5) is 10.1 Å². The van der Waals surface area contributed by atoms with Crippen molar-refractivity contribution in [3.8, 4) is 0 Å². The number of benzene rings is 1. The number of hydrogen-bond acceptors (Lipinski definition) is 3. The van der Waals surface area contributed by atoms with Crippen molar-refractivity contribution in [3.63, 3.8) is 0 Å². The van der Waals surface area contributed by atoms with Gasteiger partial charge in [-0.25, -0.2) is 4.39 Å². The van der Waals surface area contributed by atoms with Crippen LogP contribution in [0.25, 0.3) is 0 Å². The molecule has 0 aliphatic carbocycles. The van der Waals surface area contributed by atoms with E-state index >= 15 is 0 Å². The molecule has 0 bridgehead atoms. The van der Waals surface area contributed by atoms with E-state index in [1.165, 1.54) is 0 Å². The van der Waals surface area contributed by atoms with Crippen LogP contribution in [0, 0.1) is 0 Å². The first-order chi connectivity index (χ1) is 8.81. The van der Waals surface area contributed by atoms with Crippen molar-refractivity contribution in [2.75, 3.05) is 31.2 Å². The van der Waals surface area contributed by atoms with Crippen LogP contribution >= 0.6 is 0 Å². The first-order valence-corrected chi connectivity index (χ1v) is 6.49. The van der Waals surface area contributed by atoms with Gasteiger partial charge in [0, 0.05) is 31.6 Å². The second kappa shape index (κ2) is 4.86. The summed E-state index contributed by atoms with van der Waals surface area (Å²) >= 11 is 0. The molecule has 0 amide bonds. The van der Waals surface area contributed by atoms with Gasteiger partial charge in [-0.3, -0.25) is 0 Å². The highest BCUT2D eigenvalue weighted by Gasteiger charge is 2.39. The summed E-state index contributed by atoms with van der Waals surface area (Å²) in [5.74, 6) is -0.339. The number of ether oxygens (including phenoxy) is 2. The van der Waals surface area contributed by atoms with Crippen molar-refractivity contribution < 1.29 is 13.9 Å². The van der Waals surface area contributed by atoms with Crippen molar-refractivity contribution in [1.29, 1.82) is 0 Å². The van der Waals surface area contributed by atoms with Crippen LogP contribution in [0.2, 0.25) is 0 Å². The number of halogens is 1. The monoisotopic (exact) mass is 251 g/mol. The van der Waals surface area contributed by atoms with Crippen molar-refractivity contribution >= 4 is 5.69 Å². The summed E-state index contributed by atoms with van der Waals surface area (Å²) in [6.07, 6.45) is 1.76. The highest BCUT2D eigenvalue weighted by atomic mass is 19.1. The van der Waals surface area contributed by atoms with Gasteiger partial charge in [0.25, 0.3) is 0 Å². The molecule has 18 heavy (non-hydrogen) atoms. The van der Waals surface area contributed by atoms with E-state index in [2.05, 4.69) is 4.90 Å². The summed E-state index contributed by atoms with van der Waals surface area (Å²) in [4.78, 5) is 2.27. The highest BCUT2D eigenvalue weighted by molar-refractivity contribution is 5.49. The average Bonchev–Trinajstić information content (AvgIpc) is 2.88. The van der Waals surface area contributed by atoms with E-state index in [-0.39, 0.29) is 5.79 Å². The lowest BCUT2D eigenvalue weighted by Crippen LogP contribution is -2.45. The quantitative estimate of drug-likeness (QED) is 0.806. The van der Waals surface area contributed by atoms with E-state index in [0.717, 1.165) is 37.2 Å². The summed E-state index contributed by atoms with van der Waals surface area (Å²) in [6, 6.07) is 7.69. The molecule has 2 aliphatic rings. The lowest BCUT2D eigenvalue weighted by molar-refractivity contribution is -0.169. The van der Waals surface area contributed by atoms with E-state index in [4.69, 9.17) is 9.47 Å². The van der Waals surface area contributed by atoms with Crippen molar-refractivity contribution in [2.45, 2.75) is 25.3 Å². The van der Waals surface area contributed by atoms with Crippen LogP contribution in [0.3, 0.4) is 0 Å². The molecule has 1 spiro atoms. The minimum absolute atomic E-state index is 0.339. The molecule has 0 atom stereocenters. The third kappa shape index (κ3) is 2.22. The Balaban J connectivity index is 1.68. The SMILES string of the molecule is FCc1cccc(N2CCC3(CC2)OCCO3)c1. The molecule has 1 aromatic carbocycles. The van der Waals surface area contributed by atoms with Gasteiger partial charge in [0.2, 0.25) is 0 Å². The van der Waals surface area contributed by atoms with Crippen LogP contribution in [0.5, 0.6) is 0 Å². The smallest absolute Gasteiger partial charge is 0.171 e. The second-order valence-corrected chi connectivity index (χ2v) is 4.90. The van der Waals surface area contributed by atoms with Gasteiger partial charge in [-0.2, -0.15) is 0 Å². The molecule has 3 rings (SSSR count). The Bertz CT molecular complexity index is 408. The average molecular weight is 251 g/mol. The Kier molecular flexibility index (Phi) is 3.22. The Morgan fingerprint density at radius 3 is 2.56 bits per heavy atom. The molecule has 0 radical (unpaired) electrons.